The Morgan fingerprint density at radius 2 is 0.903 bits per heavy atom. The Hall–Kier alpha value is -3.66. The Labute approximate surface area is 181 Å². The highest BCUT2D eigenvalue weighted by Crippen LogP contribution is 2.51. The smallest absolute Gasteiger partial charge is 0.423 e. The second-order valence-corrected chi connectivity index (χ2v) is 7.94. The first kappa shape index (κ1) is 18.1. The van der Waals surface area contributed by atoms with E-state index in [0.29, 0.717) is 5.46 Å². The number of benzene rings is 5. The first-order chi connectivity index (χ1) is 15.2. The van der Waals surface area contributed by atoms with Crippen LogP contribution in [-0.2, 0) is 0 Å². The SMILES string of the molecule is OB(O)c1ccccc1-c1ccccc1-c1cccc2c1-c1cccc3cccc-2c13. The molecule has 1 aliphatic carbocycles. The van der Waals surface area contributed by atoms with E-state index in [1.165, 1.54) is 33.0 Å². The van der Waals surface area contributed by atoms with Gasteiger partial charge in [-0.15, -0.1) is 0 Å². The van der Waals surface area contributed by atoms with Crippen molar-refractivity contribution >= 4 is 23.4 Å². The zero-order chi connectivity index (χ0) is 20.9. The van der Waals surface area contributed by atoms with Crippen LogP contribution in [-0.4, -0.2) is 17.2 Å². The number of hydrogen-bond donors (Lipinski definition) is 2. The van der Waals surface area contributed by atoms with Crippen molar-refractivity contribution in [2.75, 3.05) is 0 Å². The van der Waals surface area contributed by atoms with Crippen molar-refractivity contribution in [3.63, 3.8) is 0 Å². The van der Waals surface area contributed by atoms with Gasteiger partial charge in [-0.05, 0) is 60.7 Å². The van der Waals surface area contributed by atoms with Crippen LogP contribution in [0.5, 0.6) is 0 Å². The van der Waals surface area contributed by atoms with E-state index in [9.17, 15) is 10.0 Å². The fourth-order valence-electron chi connectivity index (χ4n) is 4.99. The summed E-state index contributed by atoms with van der Waals surface area (Å²) in [6.45, 7) is 0. The molecule has 31 heavy (non-hydrogen) atoms. The lowest BCUT2D eigenvalue weighted by Gasteiger charge is -2.17. The van der Waals surface area contributed by atoms with Crippen LogP contribution in [0.2, 0.25) is 0 Å². The molecule has 5 aromatic carbocycles. The Morgan fingerprint density at radius 1 is 0.419 bits per heavy atom. The summed E-state index contributed by atoms with van der Waals surface area (Å²) in [6, 6.07) is 35.2. The lowest BCUT2D eigenvalue weighted by Crippen LogP contribution is -2.31. The molecule has 0 spiro atoms. The molecule has 146 valence electrons. The Morgan fingerprint density at radius 3 is 1.61 bits per heavy atom. The van der Waals surface area contributed by atoms with Crippen LogP contribution in [0.1, 0.15) is 0 Å². The molecule has 0 saturated carbocycles. The van der Waals surface area contributed by atoms with E-state index in [2.05, 4.69) is 66.7 Å². The van der Waals surface area contributed by atoms with E-state index in [1.54, 1.807) is 6.07 Å². The lowest BCUT2D eigenvalue weighted by molar-refractivity contribution is 0.426. The van der Waals surface area contributed by atoms with Crippen LogP contribution in [0.25, 0.3) is 55.3 Å². The molecule has 1 aliphatic rings. The highest BCUT2D eigenvalue weighted by Gasteiger charge is 2.25. The van der Waals surface area contributed by atoms with Crippen LogP contribution in [0.4, 0.5) is 0 Å². The fourth-order valence-corrected chi connectivity index (χ4v) is 4.99. The molecule has 5 aromatic rings. The van der Waals surface area contributed by atoms with Crippen molar-refractivity contribution in [2.24, 2.45) is 0 Å². The van der Waals surface area contributed by atoms with Crippen LogP contribution in [0.15, 0.2) is 103 Å². The molecule has 0 amide bonds. The van der Waals surface area contributed by atoms with Crippen molar-refractivity contribution in [1.29, 1.82) is 0 Å². The predicted octanol–water partition coefficient (Wildman–Crippen LogP) is 5.50. The third kappa shape index (κ3) is 2.68. The van der Waals surface area contributed by atoms with Crippen LogP contribution < -0.4 is 5.46 Å². The summed E-state index contributed by atoms with van der Waals surface area (Å²) in [5.41, 5.74) is 9.57. The molecule has 0 radical (unpaired) electrons. The summed E-state index contributed by atoms with van der Waals surface area (Å²) >= 11 is 0. The summed E-state index contributed by atoms with van der Waals surface area (Å²) in [4.78, 5) is 0. The summed E-state index contributed by atoms with van der Waals surface area (Å²) < 4.78 is 0. The van der Waals surface area contributed by atoms with Gasteiger partial charge in [0.25, 0.3) is 0 Å². The van der Waals surface area contributed by atoms with Crippen molar-refractivity contribution in [3.05, 3.63) is 103 Å². The fraction of sp³-hybridized carbons (Fsp3) is 0. The lowest BCUT2D eigenvalue weighted by atomic mass is 9.74. The Kier molecular flexibility index (Phi) is 4.07. The minimum atomic E-state index is -1.52. The number of rotatable bonds is 3. The van der Waals surface area contributed by atoms with E-state index in [0.717, 1.165) is 22.3 Å². The van der Waals surface area contributed by atoms with Gasteiger partial charge in [0, 0.05) is 0 Å². The quantitative estimate of drug-likeness (QED) is 0.387. The van der Waals surface area contributed by atoms with Crippen LogP contribution >= 0.6 is 0 Å². The second kappa shape index (κ2) is 6.95. The molecule has 0 fully saturated rings. The Balaban J connectivity index is 1.66. The molecule has 6 rings (SSSR count). The van der Waals surface area contributed by atoms with Gasteiger partial charge >= 0.3 is 7.12 Å². The van der Waals surface area contributed by atoms with E-state index < -0.39 is 7.12 Å². The van der Waals surface area contributed by atoms with Crippen LogP contribution in [0.3, 0.4) is 0 Å². The summed E-state index contributed by atoms with van der Waals surface area (Å²) in [5, 5.41) is 22.5. The van der Waals surface area contributed by atoms with Gasteiger partial charge in [-0.3, -0.25) is 0 Å². The van der Waals surface area contributed by atoms with Crippen molar-refractivity contribution < 1.29 is 10.0 Å². The number of hydrogen-bond acceptors (Lipinski definition) is 2. The molecular formula is C28H19BO2. The molecular weight excluding hydrogens is 379 g/mol. The molecule has 0 atom stereocenters. The molecule has 0 aliphatic heterocycles. The van der Waals surface area contributed by atoms with Gasteiger partial charge < -0.3 is 10.0 Å². The second-order valence-electron chi connectivity index (χ2n) is 7.94. The third-order valence-electron chi connectivity index (χ3n) is 6.28. The van der Waals surface area contributed by atoms with E-state index in [-0.39, 0.29) is 0 Å². The van der Waals surface area contributed by atoms with Crippen LogP contribution in [0, 0.1) is 0 Å². The largest absolute Gasteiger partial charge is 0.489 e. The van der Waals surface area contributed by atoms with E-state index >= 15 is 0 Å². The zero-order valence-corrected chi connectivity index (χ0v) is 16.8. The molecule has 2 nitrogen and oxygen atoms in total. The van der Waals surface area contributed by atoms with Crippen molar-refractivity contribution in [3.8, 4) is 44.5 Å². The monoisotopic (exact) mass is 398 g/mol. The minimum absolute atomic E-state index is 0.507. The van der Waals surface area contributed by atoms with Gasteiger partial charge in [0.05, 0.1) is 0 Å². The predicted molar refractivity (Wildman–Crippen MR) is 129 cm³/mol. The third-order valence-corrected chi connectivity index (χ3v) is 6.28. The van der Waals surface area contributed by atoms with Gasteiger partial charge in [-0.2, -0.15) is 0 Å². The van der Waals surface area contributed by atoms with Gasteiger partial charge in [0.2, 0.25) is 0 Å². The molecule has 0 aromatic heterocycles. The first-order valence-corrected chi connectivity index (χ1v) is 10.4. The molecule has 0 unspecified atom stereocenters. The summed E-state index contributed by atoms with van der Waals surface area (Å²) in [6.07, 6.45) is 0. The van der Waals surface area contributed by atoms with Gasteiger partial charge in [-0.1, -0.05) is 103 Å². The van der Waals surface area contributed by atoms with Gasteiger partial charge in [-0.25, -0.2) is 0 Å². The minimum Gasteiger partial charge on any atom is -0.423 e. The van der Waals surface area contributed by atoms with Gasteiger partial charge in [0.15, 0.2) is 0 Å². The molecule has 3 heteroatoms. The maximum atomic E-state index is 9.96. The van der Waals surface area contributed by atoms with Crippen molar-refractivity contribution in [2.45, 2.75) is 0 Å². The standard InChI is InChI=1S/C28H19BO2/c30-29(31)26-17-4-3-12-21(26)19-10-1-2-11-20(19)22-14-7-15-24-23-13-5-8-18-9-6-16-25(27(18)23)28(22)24/h1-17,30-31H. The molecule has 0 bridgehead atoms. The molecule has 0 heterocycles. The van der Waals surface area contributed by atoms with E-state index in [4.69, 9.17) is 0 Å². The summed E-state index contributed by atoms with van der Waals surface area (Å²) in [5.74, 6) is 0. The van der Waals surface area contributed by atoms with Gasteiger partial charge in [0.1, 0.15) is 0 Å². The topological polar surface area (TPSA) is 40.5 Å². The van der Waals surface area contributed by atoms with E-state index in [1.807, 2.05) is 30.3 Å². The Bertz CT molecular complexity index is 1460. The highest BCUT2D eigenvalue weighted by atomic mass is 16.4. The molecule has 0 saturated heterocycles. The maximum Gasteiger partial charge on any atom is 0.489 e. The van der Waals surface area contributed by atoms with Crippen molar-refractivity contribution in [1.82, 2.24) is 0 Å². The average molecular weight is 398 g/mol. The summed E-state index contributed by atoms with van der Waals surface area (Å²) in [7, 11) is -1.52. The zero-order valence-electron chi connectivity index (χ0n) is 16.8. The number of fused-ring (bicyclic) bond motifs is 3. The normalized spacial score (nSPS) is 11.5. The average Bonchev–Trinajstić information content (AvgIpc) is 3.15. The molecule has 2 N–H and O–H groups in total. The first-order valence-electron chi connectivity index (χ1n) is 10.4. The maximum absolute atomic E-state index is 9.96. The highest BCUT2D eigenvalue weighted by molar-refractivity contribution is 6.60.